The summed E-state index contributed by atoms with van der Waals surface area (Å²) in [5, 5.41) is 5.74. The summed E-state index contributed by atoms with van der Waals surface area (Å²) in [5.41, 5.74) is 6.78. The second kappa shape index (κ2) is 3.30. The number of halogens is 1. The molecule has 0 saturated heterocycles. The second-order valence-electron chi connectivity index (χ2n) is 2.64. The van der Waals surface area contributed by atoms with Gasteiger partial charge in [0.2, 0.25) is 0 Å². The Kier molecular flexibility index (Phi) is 2.29. The molecule has 2 aromatic heterocycles. The lowest BCUT2D eigenvalue weighted by Gasteiger charge is -1.92. The maximum absolute atomic E-state index is 5.59. The van der Waals surface area contributed by atoms with E-state index in [0.717, 1.165) is 14.2 Å². The van der Waals surface area contributed by atoms with Gasteiger partial charge in [-0.15, -0.1) is 11.3 Å². The van der Waals surface area contributed by atoms with Crippen molar-refractivity contribution in [2.45, 2.75) is 6.92 Å². The standard InChI is InChI=1S/C8H7IN2OS/c1-4-2-3-13-7(4)6-5(9)8(10)11-12-6/h2-3H,1H3,(H2,10,11). The number of nitrogen functional groups attached to an aromatic ring is 1. The largest absolute Gasteiger partial charge is 0.380 e. The van der Waals surface area contributed by atoms with Gasteiger partial charge in [-0.3, -0.25) is 0 Å². The zero-order valence-corrected chi connectivity index (χ0v) is 9.85. The molecule has 2 rings (SSSR count). The molecule has 0 saturated carbocycles. The van der Waals surface area contributed by atoms with Crippen LogP contribution in [0.1, 0.15) is 5.56 Å². The van der Waals surface area contributed by atoms with E-state index in [2.05, 4.69) is 33.8 Å². The van der Waals surface area contributed by atoms with Crippen LogP contribution in [0.3, 0.4) is 0 Å². The molecule has 2 heterocycles. The molecule has 2 N–H and O–H groups in total. The molecule has 0 spiro atoms. The minimum Gasteiger partial charge on any atom is -0.380 e. The van der Waals surface area contributed by atoms with Crippen LogP contribution in [0.4, 0.5) is 5.82 Å². The minimum atomic E-state index is 0.461. The number of aryl methyl sites for hydroxylation is 1. The van der Waals surface area contributed by atoms with Gasteiger partial charge in [-0.1, -0.05) is 5.16 Å². The molecule has 0 aliphatic heterocycles. The number of anilines is 1. The average Bonchev–Trinajstić information content (AvgIpc) is 2.62. The molecule has 2 aromatic rings. The van der Waals surface area contributed by atoms with Gasteiger partial charge in [0.1, 0.15) is 3.57 Å². The first-order chi connectivity index (χ1) is 6.20. The summed E-state index contributed by atoms with van der Waals surface area (Å²) in [4.78, 5) is 1.11. The van der Waals surface area contributed by atoms with Crippen LogP contribution in [0.5, 0.6) is 0 Å². The molecule has 68 valence electrons. The van der Waals surface area contributed by atoms with Crippen molar-refractivity contribution in [2.24, 2.45) is 0 Å². The van der Waals surface area contributed by atoms with E-state index in [9.17, 15) is 0 Å². The van der Waals surface area contributed by atoms with Crippen molar-refractivity contribution < 1.29 is 4.52 Å². The highest BCUT2D eigenvalue weighted by Crippen LogP contribution is 2.34. The van der Waals surface area contributed by atoms with Gasteiger partial charge in [-0.25, -0.2) is 0 Å². The van der Waals surface area contributed by atoms with Crippen molar-refractivity contribution in [3.8, 4) is 10.6 Å². The van der Waals surface area contributed by atoms with Gasteiger partial charge < -0.3 is 10.3 Å². The van der Waals surface area contributed by atoms with Crippen molar-refractivity contribution in [1.82, 2.24) is 5.16 Å². The van der Waals surface area contributed by atoms with Gasteiger partial charge in [0.25, 0.3) is 0 Å². The number of rotatable bonds is 1. The fourth-order valence-electron chi connectivity index (χ4n) is 1.04. The molecule has 0 fully saturated rings. The Morgan fingerprint density at radius 2 is 2.38 bits per heavy atom. The number of hydrogen-bond donors (Lipinski definition) is 1. The Hall–Kier alpha value is -0.560. The molecule has 13 heavy (non-hydrogen) atoms. The van der Waals surface area contributed by atoms with Crippen molar-refractivity contribution in [3.05, 3.63) is 20.6 Å². The highest BCUT2D eigenvalue weighted by Gasteiger charge is 2.15. The summed E-state index contributed by atoms with van der Waals surface area (Å²) in [6.45, 7) is 2.04. The predicted molar refractivity (Wildman–Crippen MR) is 61.7 cm³/mol. The van der Waals surface area contributed by atoms with E-state index in [1.54, 1.807) is 11.3 Å². The number of hydrogen-bond acceptors (Lipinski definition) is 4. The molecule has 0 aromatic carbocycles. The highest BCUT2D eigenvalue weighted by atomic mass is 127. The van der Waals surface area contributed by atoms with Crippen molar-refractivity contribution in [1.29, 1.82) is 0 Å². The molecule has 5 heteroatoms. The van der Waals surface area contributed by atoms with E-state index in [0.29, 0.717) is 5.82 Å². The molecule has 0 amide bonds. The number of aromatic nitrogens is 1. The average molecular weight is 306 g/mol. The first-order valence-electron chi connectivity index (χ1n) is 3.65. The van der Waals surface area contributed by atoms with E-state index in [1.807, 2.05) is 12.3 Å². The van der Waals surface area contributed by atoms with Gasteiger partial charge in [0.05, 0.1) is 4.88 Å². The van der Waals surface area contributed by atoms with Crippen LogP contribution in [-0.2, 0) is 0 Å². The maximum atomic E-state index is 5.59. The lowest BCUT2D eigenvalue weighted by atomic mass is 10.2. The lowest BCUT2D eigenvalue weighted by molar-refractivity contribution is 0.436. The monoisotopic (exact) mass is 306 g/mol. The van der Waals surface area contributed by atoms with Gasteiger partial charge in [0.15, 0.2) is 11.6 Å². The third-order valence-corrected chi connectivity index (χ3v) is 3.79. The van der Waals surface area contributed by atoms with E-state index in [4.69, 9.17) is 10.3 Å². The Morgan fingerprint density at radius 3 is 2.85 bits per heavy atom. The fraction of sp³-hybridized carbons (Fsp3) is 0.125. The third kappa shape index (κ3) is 1.46. The minimum absolute atomic E-state index is 0.461. The molecule has 0 aliphatic carbocycles. The first-order valence-corrected chi connectivity index (χ1v) is 5.61. The summed E-state index contributed by atoms with van der Waals surface area (Å²) in [6.07, 6.45) is 0. The van der Waals surface area contributed by atoms with E-state index in [1.165, 1.54) is 5.56 Å². The van der Waals surface area contributed by atoms with E-state index in [-0.39, 0.29) is 0 Å². The van der Waals surface area contributed by atoms with Crippen LogP contribution in [0.2, 0.25) is 0 Å². The Bertz CT molecular complexity index is 435. The summed E-state index contributed by atoms with van der Waals surface area (Å²) in [7, 11) is 0. The van der Waals surface area contributed by atoms with Crippen molar-refractivity contribution in [2.75, 3.05) is 5.73 Å². The smallest absolute Gasteiger partial charge is 0.192 e. The summed E-state index contributed by atoms with van der Waals surface area (Å²) < 4.78 is 6.04. The van der Waals surface area contributed by atoms with Crippen LogP contribution < -0.4 is 5.73 Å². The van der Waals surface area contributed by atoms with Crippen LogP contribution in [0.15, 0.2) is 16.0 Å². The molecule has 0 atom stereocenters. The molecule has 0 radical (unpaired) electrons. The molecule has 0 unspecified atom stereocenters. The second-order valence-corrected chi connectivity index (χ2v) is 4.64. The molecule has 0 bridgehead atoms. The maximum Gasteiger partial charge on any atom is 0.192 e. The van der Waals surface area contributed by atoms with E-state index < -0.39 is 0 Å². The van der Waals surface area contributed by atoms with Crippen molar-refractivity contribution >= 4 is 39.7 Å². The summed E-state index contributed by atoms with van der Waals surface area (Å²) >= 11 is 3.78. The normalized spacial score (nSPS) is 10.6. The number of thiophene rings is 1. The van der Waals surface area contributed by atoms with E-state index >= 15 is 0 Å². The Morgan fingerprint density at radius 1 is 1.62 bits per heavy atom. The zero-order chi connectivity index (χ0) is 9.42. The molecular weight excluding hydrogens is 299 g/mol. The molecular formula is C8H7IN2OS. The van der Waals surface area contributed by atoms with Crippen LogP contribution in [-0.4, -0.2) is 5.16 Å². The topological polar surface area (TPSA) is 52.0 Å². The molecule has 0 aliphatic rings. The molecule has 3 nitrogen and oxygen atoms in total. The highest BCUT2D eigenvalue weighted by molar-refractivity contribution is 14.1. The van der Waals surface area contributed by atoms with Gasteiger partial charge in [-0.2, -0.15) is 0 Å². The van der Waals surface area contributed by atoms with Crippen LogP contribution in [0, 0.1) is 10.5 Å². The third-order valence-electron chi connectivity index (χ3n) is 1.73. The zero-order valence-electron chi connectivity index (χ0n) is 6.87. The number of nitrogens with two attached hydrogens (primary N) is 1. The fourth-order valence-corrected chi connectivity index (χ4v) is 2.60. The number of nitrogens with zero attached hydrogens (tertiary/aromatic N) is 1. The lowest BCUT2D eigenvalue weighted by Crippen LogP contribution is -1.85. The Balaban J connectivity index is 2.59. The van der Waals surface area contributed by atoms with Gasteiger partial charge in [-0.05, 0) is 46.5 Å². The summed E-state index contributed by atoms with van der Waals surface area (Å²) in [5.74, 6) is 1.24. The Labute approximate surface area is 93.1 Å². The SMILES string of the molecule is Cc1ccsc1-c1onc(N)c1I. The first kappa shape index (κ1) is 9.01. The van der Waals surface area contributed by atoms with Crippen molar-refractivity contribution in [3.63, 3.8) is 0 Å². The summed E-state index contributed by atoms with van der Waals surface area (Å²) in [6, 6.07) is 2.05. The van der Waals surface area contributed by atoms with Gasteiger partial charge in [0, 0.05) is 0 Å². The van der Waals surface area contributed by atoms with Gasteiger partial charge >= 0.3 is 0 Å². The predicted octanol–water partition coefficient (Wildman–Crippen LogP) is 2.90. The quantitative estimate of drug-likeness (QED) is 0.824. The van der Waals surface area contributed by atoms with Crippen LogP contribution >= 0.6 is 33.9 Å². The van der Waals surface area contributed by atoms with Crippen LogP contribution in [0.25, 0.3) is 10.6 Å².